The third kappa shape index (κ3) is 6.54. The quantitative estimate of drug-likeness (QED) is 0.586. The number of rotatable bonds is 10. The number of carbonyl (C=O) groups is 2. The maximum Gasteiger partial charge on any atom is 0.243 e. The molecular formula is C22H33N3O4S. The zero-order valence-electron chi connectivity index (χ0n) is 17.7. The molecule has 166 valence electrons. The first kappa shape index (κ1) is 22.7. The van der Waals surface area contributed by atoms with Crippen molar-refractivity contribution in [2.24, 2.45) is 5.92 Å². The second kappa shape index (κ2) is 10.4. The Morgan fingerprint density at radius 3 is 2.37 bits per heavy atom. The van der Waals surface area contributed by atoms with E-state index in [0.717, 1.165) is 24.8 Å². The molecule has 2 N–H and O–H groups in total. The Hall–Kier alpha value is -1.93. The van der Waals surface area contributed by atoms with Crippen molar-refractivity contribution < 1.29 is 18.0 Å². The molecule has 0 bridgehead atoms. The minimum atomic E-state index is -3.24. The second-order valence-electron chi connectivity index (χ2n) is 8.38. The molecule has 7 nitrogen and oxygen atoms in total. The summed E-state index contributed by atoms with van der Waals surface area (Å²) in [5.74, 6) is -0.405. The molecule has 1 atom stereocenters. The summed E-state index contributed by atoms with van der Waals surface area (Å²) in [6.45, 7) is 2.70. The number of amides is 2. The van der Waals surface area contributed by atoms with Gasteiger partial charge in [0.2, 0.25) is 21.8 Å². The summed E-state index contributed by atoms with van der Waals surface area (Å²) in [4.78, 5) is 25.6. The lowest BCUT2D eigenvalue weighted by molar-refractivity contribution is -0.131. The summed E-state index contributed by atoms with van der Waals surface area (Å²) in [7, 11) is -3.24. The van der Waals surface area contributed by atoms with Crippen LogP contribution in [0.15, 0.2) is 30.3 Å². The van der Waals surface area contributed by atoms with Crippen molar-refractivity contribution in [3.05, 3.63) is 35.9 Å². The van der Waals surface area contributed by atoms with Gasteiger partial charge in [-0.25, -0.2) is 12.7 Å². The van der Waals surface area contributed by atoms with Crippen molar-refractivity contribution in [3.8, 4) is 0 Å². The molecule has 1 saturated carbocycles. The van der Waals surface area contributed by atoms with Gasteiger partial charge in [0.15, 0.2) is 0 Å². The highest BCUT2D eigenvalue weighted by atomic mass is 32.2. The van der Waals surface area contributed by atoms with E-state index < -0.39 is 16.1 Å². The maximum absolute atomic E-state index is 12.9. The number of benzene rings is 1. The van der Waals surface area contributed by atoms with Crippen LogP contribution >= 0.6 is 0 Å². The van der Waals surface area contributed by atoms with Gasteiger partial charge in [-0.05, 0) is 37.7 Å². The first-order chi connectivity index (χ1) is 14.4. The van der Waals surface area contributed by atoms with E-state index in [0.29, 0.717) is 38.8 Å². The minimum Gasteiger partial charge on any atom is -0.352 e. The smallest absolute Gasteiger partial charge is 0.243 e. The molecule has 0 spiro atoms. The molecule has 0 aromatic heterocycles. The van der Waals surface area contributed by atoms with Crippen molar-refractivity contribution >= 4 is 21.8 Å². The van der Waals surface area contributed by atoms with E-state index in [1.54, 1.807) is 0 Å². The van der Waals surface area contributed by atoms with Gasteiger partial charge in [-0.3, -0.25) is 9.59 Å². The van der Waals surface area contributed by atoms with Crippen molar-refractivity contribution in [1.29, 1.82) is 0 Å². The minimum absolute atomic E-state index is 0.144. The summed E-state index contributed by atoms with van der Waals surface area (Å²) >= 11 is 0. The van der Waals surface area contributed by atoms with Crippen LogP contribution in [-0.4, -0.2) is 55.5 Å². The van der Waals surface area contributed by atoms with Gasteiger partial charge in [-0.2, -0.15) is 0 Å². The lowest BCUT2D eigenvalue weighted by Crippen LogP contribution is -2.51. The second-order valence-corrected chi connectivity index (χ2v) is 10.5. The number of nitrogens with one attached hydrogen (secondary N) is 2. The molecule has 1 aromatic carbocycles. The number of unbranched alkanes of at least 4 members (excludes halogenated alkanes) is 1. The highest BCUT2D eigenvalue weighted by Crippen LogP contribution is 2.22. The topological polar surface area (TPSA) is 95.6 Å². The van der Waals surface area contributed by atoms with Crippen molar-refractivity contribution in [1.82, 2.24) is 14.9 Å². The third-order valence-electron chi connectivity index (χ3n) is 5.81. The molecule has 1 aromatic rings. The van der Waals surface area contributed by atoms with Crippen LogP contribution in [0, 0.1) is 5.92 Å². The van der Waals surface area contributed by atoms with Crippen LogP contribution in [0.25, 0.3) is 0 Å². The normalized spacial score (nSPS) is 19.2. The van der Waals surface area contributed by atoms with E-state index in [-0.39, 0.29) is 29.5 Å². The average molecular weight is 436 g/mol. The lowest BCUT2D eigenvalue weighted by atomic mass is 9.96. The Bertz CT molecular complexity index is 816. The van der Waals surface area contributed by atoms with E-state index in [9.17, 15) is 18.0 Å². The fourth-order valence-electron chi connectivity index (χ4n) is 3.73. The molecule has 0 radical (unpaired) electrons. The number of hydrogen-bond acceptors (Lipinski definition) is 4. The van der Waals surface area contributed by atoms with E-state index >= 15 is 0 Å². The Morgan fingerprint density at radius 1 is 1.10 bits per heavy atom. The fraction of sp³-hybridized carbons (Fsp3) is 0.636. The predicted molar refractivity (Wildman–Crippen MR) is 116 cm³/mol. The fourth-order valence-corrected chi connectivity index (χ4v) is 5.41. The van der Waals surface area contributed by atoms with Gasteiger partial charge >= 0.3 is 0 Å². The van der Waals surface area contributed by atoms with E-state index in [4.69, 9.17) is 0 Å². The highest BCUT2D eigenvalue weighted by Gasteiger charge is 2.33. The van der Waals surface area contributed by atoms with Crippen LogP contribution in [0.3, 0.4) is 0 Å². The molecule has 1 aliphatic carbocycles. The zero-order chi connectivity index (χ0) is 21.6. The SMILES string of the molecule is CCCCS(=O)(=O)N1CCC(C(=O)NC(Cc2ccccc2)C(=O)NC2CC2)CC1. The van der Waals surface area contributed by atoms with Gasteiger partial charge in [-0.1, -0.05) is 43.7 Å². The summed E-state index contributed by atoms with van der Waals surface area (Å²) in [5.41, 5.74) is 0.991. The van der Waals surface area contributed by atoms with E-state index in [1.807, 2.05) is 37.3 Å². The molecule has 1 heterocycles. The molecule has 8 heteroatoms. The number of carbonyl (C=O) groups excluding carboxylic acids is 2. The van der Waals surface area contributed by atoms with Gasteiger partial charge < -0.3 is 10.6 Å². The number of nitrogens with zero attached hydrogens (tertiary/aromatic N) is 1. The molecule has 2 amide bonds. The standard InChI is InChI=1S/C22H33N3O4S/c1-2-3-15-30(28,29)25-13-11-18(12-14-25)21(26)24-20(22(27)23-19-9-10-19)16-17-7-5-4-6-8-17/h4-8,18-20H,2-3,9-16H2,1H3,(H,23,27)(H,24,26). The van der Waals surface area contributed by atoms with Gasteiger partial charge in [0.05, 0.1) is 5.75 Å². The Labute approximate surface area is 179 Å². The Morgan fingerprint density at radius 2 is 1.77 bits per heavy atom. The van der Waals surface area contributed by atoms with Crippen LogP contribution in [0.1, 0.15) is 51.0 Å². The van der Waals surface area contributed by atoms with E-state index in [2.05, 4.69) is 10.6 Å². The van der Waals surface area contributed by atoms with Gasteiger partial charge in [-0.15, -0.1) is 0 Å². The van der Waals surface area contributed by atoms with Crippen LogP contribution in [0.4, 0.5) is 0 Å². The first-order valence-corrected chi connectivity index (χ1v) is 12.6. The van der Waals surface area contributed by atoms with Crippen molar-refractivity contribution in [3.63, 3.8) is 0 Å². The summed E-state index contributed by atoms with van der Waals surface area (Å²) in [6, 6.07) is 9.26. The molecule has 1 aliphatic heterocycles. The van der Waals surface area contributed by atoms with E-state index in [1.165, 1.54) is 4.31 Å². The summed E-state index contributed by atoms with van der Waals surface area (Å²) in [5, 5.41) is 5.92. The third-order valence-corrected chi connectivity index (χ3v) is 7.77. The van der Waals surface area contributed by atoms with Crippen LogP contribution in [0.5, 0.6) is 0 Å². The zero-order valence-corrected chi connectivity index (χ0v) is 18.5. The lowest BCUT2D eigenvalue weighted by Gasteiger charge is -2.31. The van der Waals surface area contributed by atoms with Crippen LogP contribution in [0.2, 0.25) is 0 Å². The maximum atomic E-state index is 12.9. The van der Waals surface area contributed by atoms with Gasteiger partial charge in [0.1, 0.15) is 6.04 Å². The number of sulfonamides is 1. The van der Waals surface area contributed by atoms with Crippen LogP contribution < -0.4 is 10.6 Å². The molecule has 2 aliphatic rings. The monoisotopic (exact) mass is 435 g/mol. The Balaban J connectivity index is 1.56. The Kier molecular flexibility index (Phi) is 7.88. The van der Waals surface area contributed by atoms with Crippen molar-refractivity contribution in [2.45, 2.75) is 64.0 Å². The number of piperidine rings is 1. The molecule has 1 saturated heterocycles. The molecule has 2 fully saturated rings. The summed E-state index contributed by atoms with van der Waals surface area (Å²) < 4.78 is 26.3. The molecular weight excluding hydrogens is 402 g/mol. The first-order valence-electron chi connectivity index (χ1n) is 11.0. The van der Waals surface area contributed by atoms with Gasteiger partial charge in [0, 0.05) is 31.5 Å². The van der Waals surface area contributed by atoms with Crippen LogP contribution in [-0.2, 0) is 26.0 Å². The molecule has 30 heavy (non-hydrogen) atoms. The predicted octanol–water partition coefficient (Wildman–Crippen LogP) is 1.83. The summed E-state index contributed by atoms with van der Waals surface area (Å²) in [6.07, 6.45) is 4.88. The average Bonchev–Trinajstić information content (AvgIpc) is 3.56. The number of hydrogen-bond donors (Lipinski definition) is 2. The van der Waals surface area contributed by atoms with Gasteiger partial charge in [0.25, 0.3) is 0 Å². The highest BCUT2D eigenvalue weighted by molar-refractivity contribution is 7.89. The largest absolute Gasteiger partial charge is 0.352 e. The van der Waals surface area contributed by atoms with Crippen molar-refractivity contribution in [2.75, 3.05) is 18.8 Å². The molecule has 1 unspecified atom stereocenters. The molecule has 3 rings (SSSR count).